The van der Waals surface area contributed by atoms with Gasteiger partial charge in [-0.05, 0) is 37.7 Å². The Morgan fingerprint density at radius 3 is 2.31 bits per heavy atom. The lowest BCUT2D eigenvalue weighted by Gasteiger charge is -2.34. The molecule has 1 heterocycles. The van der Waals surface area contributed by atoms with Crippen LogP contribution in [0.15, 0.2) is 24.3 Å². The van der Waals surface area contributed by atoms with Gasteiger partial charge < -0.3 is 20.0 Å². The van der Waals surface area contributed by atoms with Crippen LogP contribution >= 0.6 is 0 Å². The second kappa shape index (κ2) is 10.2. The highest BCUT2D eigenvalue weighted by Gasteiger charge is 2.14. The van der Waals surface area contributed by atoms with Gasteiger partial charge in [0.1, 0.15) is 0 Å². The Hall–Kier alpha value is -2.08. The third-order valence-electron chi connectivity index (χ3n) is 4.86. The summed E-state index contributed by atoms with van der Waals surface area (Å²) in [6.07, 6.45) is 2.33. The molecule has 2 rings (SSSR count). The van der Waals surface area contributed by atoms with Crippen molar-refractivity contribution >= 4 is 23.2 Å². The van der Waals surface area contributed by atoms with E-state index < -0.39 is 0 Å². The summed E-state index contributed by atoms with van der Waals surface area (Å²) in [6.45, 7) is 9.05. The lowest BCUT2D eigenvalue weighted by Crippen LogP contribution is -2.44. The fraction of sp³-hybridized carbons (Fsp3) is 0.600. The molecule has 1 saturated heterocycles. The molecule has 0 spiro atoms. The minimum absolute atomic E-state index is 0.0304. The minimum Gasteiger partial charge on any atom is -0.369 e. The number of nitrogens with zero attached hydrogens (tertiary/aromatic N) is 3. The normalized spacial score (nSPS) is 15.0. The van der Waals surface area contributed by atoms with Crippen LogP contribution in [-0.2, 0) is 9.59 Å². The monoisotopic (exact) mass is 360 g/mol. The Kier molecular flexibility index (Phi) is 7.91. The molecule has 1 fully saturated rings. The third-order valence-corrected chi connectivity index (χ3v) is 4.86. The summed E-state index contributed by atoms with van der Waals surface area (Å²) in [5.41, 5.74) is 1.99. The van der Waals surface area contributed by atoms with E-state index in [-0.39, 0.29) is 11.8 Å². The van der Waals surface area contributed by atoms with E-state index in [1.54, 1.807) is 11.8 Å². The Bertz CT molecular complexity index is 580. The molecule has 26 heavy (non-hydrogen) atoms. The Labute approximate surface area is 157 Å². The number of amides is 2. The van der Waals surface area contributed by atoms with Gasteiger partial charge in [0.25, 0.3) is 0 Å². The highest BCUT2D eigenvalue weighted by molar-refractivity contribution is 5.91. The molecule has 0 unspecified atom stereocenters. The smallest absolute Gasteiger partial charge is 0.226 e. The number of likely N-dealkylation sites (N-methyl/N-ethyl adjacent to an activating group) is 1. The quantitative estimate of drug-likeness (QED) is 0.774. The lowest BCUT2D eigenvalue weighted by molar-refractivity contribution is -0.129. The molecule has 0 saturated carbocycles. The molecule has 0 aliphatic carbocycles. The van der Waals surface area contributed by atoms with Crippen LogP contribution in [0.3, 0.4) is 0 Å². The van der Waals surface area contributed by atoms with Crippen molar-refractivity contribution in [3.8, 4) is 0 Å². The van der Waals surface area contributed by atoms with E-state index in [1.807, 2.05) is 12.1 Å². The van der Waals surface area contributed by atoms with Crippen molar-refractivity contribution in [2.75, 3.05) is 56.5 Å². The zero-order valence-corrected chi connectivity index (χ0v) is 16.3. The van der Waals surface area contributed by atoms with Crippen LogP contribution in [0.25, 0.3) is 0 Å². The second-order valence-corrected chi connectivity index (χ2v) is 6.99. The maximum absolute atomic E-state index is 12.2. The number of piperazine rings is 1. The molecule has 6 nitrogen and oxygen atoms in total. The molecule has 2 amide bonds. The summed E-state index contributed by atoms with van der Waals surface area (Å²) >= 11 is 0. The van der Waals surface area contributed by atoms with Gasteiger partial charge in [-0.3, -0.25) is 9.59 Å². The molecule has 144 valence electrons. The fourth-order valence-electron chi connectivity index (χ4n) is 3.06. The number of nitrogens with one attached hydrogen (secondary N) is 1. The van der Waals surface area contributed by atoms with E-state index in [2.05, 4.69) is 41.2 Å². The van der Waals surface area contributed by atoms with E-state index >= 15 is 0 Å². The van der Waals surface area contributed by atoms with Crippen molar-refractivity contribution < 1.29 is 9.59 Å². The SMILES string of the molecule is CCCCN(CCC(=O)Nc1ccc(N2CCN(C)CC2)cc1)C(C)=O. The van der Waals surface area contributed by atoms with Crippen molar-refractivity contribution in [3.63, 3.8) is 0 Å². The Balaban J connectivity index is 1.80. The molecule has 1 aliphatic rings. The second-order valence-electron chi connectivity index (χ2n) is 6.99. The average molecular weight is 361 g/mol. The van der Waals surface area contributed by atoms with Gasteiger partial charge >= 0.3 is 0 Å². The van der Waals surface area contributed by atoms with Crippen molar-refractivity contribution in [2.45, 2.75) is 33.1 Å². The predicted molar refractivity (Wildman–Crippen MR) is 107 cm³/mol. The van der Waals surface area contributed by atoms with Crippen LogP contribution in [0.2, 0.25) is 0 Å². The number of carbonyl (C=O) groups excluding carboxylic acids is 2. The van der Waals surface area contributed by atoms with Crippen molar-refractivity contribution in [1.82, 2.24) is 9.80 Å². The van der Waals surface area contributed by atoms with Gasteiger partial charge in [0.2, 0.25) is 11.8 Å². The standard InChI is InChI=1S/C20H32N4O2/c1-4-5-11-23(17(2)25)12-10-20(26)21-18-6-8-19(9-7-18)24-15-13-22(3)14-16-24/h6-9H,4-5,10-16H2,1-3H3,(H,21,26). The summed E-state index contributed by atoms with van der Waals surface area (Å²) in [5.74, 6) is -0.0251. The molecule has 1 aromatic carbocycles. The molecule has 1 aliphatic heterocycles. The zero-order chi connectivity index (χ0) is 18.9. The number of unbranched alkanes of at least 4 members (excludes halogenated alkanes) is 1. The van der Waals surface area contributed by atoms with E-state index in [1.165, 1.54) is 5.69 Å². The highest BCUT2D eigenvalue weighted by Crippen LogP contribution is 2.19. The maximum atomic E-state index is 12.2. The first-order valence-corrected chi connectivity index (χ1v) is 9.58. The van der Waals surface area contributed by atoms with Gasteiger partial charge in [-0.15, -0.1) is 0 Å². The predicted octanol–water partition coefficient (Wildman–Crippen LogP) is 2.42. The van der Waals surface area contributed by atoms with Gasteiger partial charge in [0.15, 0.2) is 0 Å². The minimum atomic E-state index is -0.0555. The van der Waals surface area contributed by atoms with Crippen LogP contribution < -0.4 is 10.2 Å². The number of hydrogen-bond acceptors (Lipinski definition) is 4. The lowest BCUT2D eigenvalue weighted by atomic mass is 10.2. The molecule has 1 N–H and O–H groups in total. The largest absolute Gasteiger partial charge is 0.369 e. The van der Waals surface area contributed by atoms with Crippen molar-refractivity contribution in [2.24, 2.45) is 0 Å². The molecule has 0 atom stereocenters. The summed E-state index contributed by atoms with van der Waals surface area (Å²) in [6, 6.07) is 8.02. The van der Waals surface area contributed by atoms with Gasteiger partial charge in [0.05, 0.1) is 0 Å². The molecule has 6 heteroatoms. The van der Waals surface area contributed by atoms with Crippen LogP contribution in [-0.4, -0.2) is 67.9 Å². The van der Waals surface area contributed by atoms with Gasteiger partial charge in [-0.2, -0.15) is 0 Å². The molecule has 0 radical (unpaired) electrons. The first-order valence-electron chi connectivity index (χ1n) is 9.58. The summed E-state index contributed by atoms with van der Waals surface area (Å²) in [7, 11) is 2.14. The van der Waals surface area contributed by atoms with Crippen LogP contribution in [0.4, 0.5) is 11.4 Å². The number of hydrogen-bond donors (Lipinski definition) is 1. The number of anilines is 2. The molecule has 1 aromatic rings. The van der Waals surface area contributed by atoms with Gasteiger partial charge in [-0.1, -0.05) is 13.3 Å². The Morgan fingerprint density at radius 1 is 1.08 bits per heavy atom. The summed E-state index contributed by atoms with van der Waals surface area (Å²) in [4.78, 5) is 30.2. The summed E-state index contributed by atoms with van der Waals surface area (Å²) < 4.78 is 0. The molecular weight excluding hydrogens is 328 g/mol. The maximum Gasteiger partial charge on any atom is 0.226 e. The Morgan fingerprint density at radius 2 is 1.73 bits per heavy atom. The highest BCUT2D eigenvalue weighted by atomic mass is 16.2. The number of carbonyl (C=O) groups is 2. The average Bonchev–Trinajstić information content (AvgIpc) is 2.63. The summed E-state index contributed by atoms with van der Waals surface area (Å²) in [5, 5.41) is 2.93. The van der Waals surface area contributed by atoms with Gasteiger partial charge in [-0.25, -0.2) is 0 Å². The first kappa shape index (κ1) is 20.2. The molecule has 0 bridgehead atoms. The van der Waals surface area contributed by atoms with Crippen molar-refractivity contribution in [3.05, 3.63) is 24.3 Å². The fourth-order valence-corrected chi connectivity index (χ4v) is 3.06. The van der Waals surface area contributed by atoms with E-state index in [4.69, 9.17) is 0 Å². The first-order chi connectivity index (χ1) is 12.5. The van der Waals surface area contributed by atoms with Crippen LogP contribution in [0.1, 0.15) is 33.1 Å². The van der Waals surface area contributed by atoms with Crippen LogP contribution in [0, 0.1) is 0 Å². The molecule has 0 aromatic heterocycles. The number of rotatable bonds is 8. The van der Waals surface area contributed by atoms with E-state index in [9.17, 15) is 9.59 Å². The van der Waals surface area contributed by atoms with E-state index in [0.29, 0.717) is 13.0 Å². The topological polar surface area (TPSA) is 55.9 Å². The third kappa shape index (κ3) is 6.33. The van der Waals surface area contributed by atoms with Crippen molar-refractivity contribution in [1.29, 1.82) is 0 Å². The molecular formula is C20H32N4O2. The van der Waals surface area contributed by atoms with E-state index in [0.717, 1.165) is 51.3 Å². The zero-order valence-electron chi connectivity index (χ0n) is 16.3. The number of benzene rings is 1. The van der Waals surface area contributed by atoms with Crippen LogP contribution in [0.5, 0.6) is 0 Å². The van der Waals surface area contributed by atoms with Gasteiger partial charge in [0, 0.05) is 64.0 Å².